The molecule has 3 N–H and O–H groups in total. The number of para-hydroxylation sites is 1. The van der Waals surface area contributed by atoms with Crippen LogP contribution in [0.2, 0.25) is 0 Å². The molecule has 1 aliphatic rings. The number of nitrogens with two attached hydrogens (primary N) is 1. The molecule has 0 aliphatic heterocycles. The first-order chi connectivity index (χ1) is 10.1. The summed E-state index contributed by atoms with van der Waals surface area (Å²) in [6.45, 7) is 0. The summed E-state index contributed by atoms with van der Waals surface area (Å²) in [5.41, 5.74) is 4.70. The number of fused-ring (bicyclic) bond motifs is 1. The van der Waals surface area contributed by atoms with Gasteiger partial charge in [-0.1, -0.05) is 24.3 Å². The summed E-state index contributed by atoms with van der Waals surface area (Å²) in [4.78, 5) is 4.43. The van der Waals surface area contributed by atoms with Crippen LogP contribution in [0, 0.1) is 5.92 Å². The third kappa shape index (κ3) is 2.89. The van der Waals surface area contributed by atoms with Gasteiger partial charge in [0.2, 0.25) is 5.92 Å². The molecule has 1 aromatic heterocycles. The van der Waals surface area contributed by atoms with Gasteiger partial charge in [-0.05, 0) is 30.4 Å². The van der Waals surface area contributed by atoms with Gasteiger partial charge < -0.3 is 0 Å². The number of pyridine rings is 1. The molecule has 1 saturated carbocycles. The summed E-state index contributed by atoms with van der Waals surface area (Å²) in [6, 6.07) is 9.68. The standard InChI is InChI=1S/C16H19F2N3/c17-16(18)8-6-12(7-9-16)15(21-19)13-5-1-3-11-4-2-10-20-14(11)13/h1-5,10,12,15,21H,6-9,19H2. The minimum absolute atomic E-state index is 0.0615. The predicted molar refractivity (Wildman–Crippen MR) is 78.7 cm³/mol. The second-order valence-corrected chi connectivity index (χ2v) is 5.76. The fourth-order valence-corrected chi connectivity index (χ4v) is 3.25. The predicted octanol–water partition coefficient (Wildman–Crippen LogP) is 3.56. The van der Waals surface area contributed by atoms with Crippen LogP contribution < -0.4 is 11.3 Å². The zero-order valence-electron chi connectivity index (χ0n) is 11.7. The van der Waals surface area contributed by atoms with Gasteiger partial charge in [0.05, 0.1) is 11.6 Å². The number of aromatic nitrogens is 1. The Balaban J connectivity index is 1.92. The summed E-state index contributed by atoms with van der Waals surface area (Å²) in [6.07, 6.45) is 2.58. The van der Waals surface area contributed by atoms with Crippen LogP contribution in [0.3, 0.4) is 0 Å². The first kappa shape index (κ1) is 14.4. The van der Waals surface area contributed by atoms with Gasteiger partial charge in [0, 0.05) is 24.4 Å². The van der Waals surface area contributed by atoms with E-state index in [9.17, 15) is 8.78 Å². The highest BCUT2D eigenvalue weighted by Gasteiger charge is 2.38. The maximum absolute atomic E-state index is 13.3. The Bertz CT molecular complexity index is 614. The fourth-order valence-electron chi connectivity index (χ4n) is 3.25. The van der Waals surface area contributed by atoms with Gasteiger partial charge >= 0.3 is 0 Å². The van der Waals surface area contributed by atoms with Crippen LogP contribution in [0.4, 0.5) is 8.78 Å². The molecule has 1 fully saturated rings. The van der Waals surface area contributed by atoms with Crippen molar-refractivity contribution in [2.24, 2.45) is 11.8 Å². The monoisotopic (exact) mass is 291 g/mol. The fraction of sp³-hybridized carbons (Fsp3) is 0.438. The zero-order valence-corrected chi connectivity index (χ0v) is 11.7. The SMILES string of the molecule is NNC(c1cccc2cccnc12)C1CCC(F)(F)CC1. The largest absolute Gasteiger partial charge is 0.271 e. The van der Waals surface area contributed by atoms with Gasteiger partial charge in [-0.2, -0.15) is 0 Å². The first-order valence-electron chi connectivity index (χ1n) is 7.28. The van der Waals surface area contributed by atoms with Gasteiger partial charge in [0.25, 0.3) is 0 Å². The van der Waals surface area contributed by atoms with E-state index >= 15 is 0 Å². The summed E-state index contributed by atoms with van der Waals surface area (Å²) >= 11 is 0. The Labute approximate surface area is 122 Å². The van der Waals surface area contributed by atoms with E-state index < -0.39 is 5.92 Å². The molecule has 5 heteroatoms. The second-order valence-electron chi connectivity index (χ2n) is 5.76. The average Bonchev–Trinajstić information content (AvgIpc) is 2.50. The lowest BCUT2D eigenvalue weighted by molar-refractivity contribution is -0.0497. The molecule has 0 amide bonds. The van der Waals surface area contributed by atoms with Crippen LogP contribution in [0.1, 0.15) is 37.3 Å². The number of hydrazine groups is 1. The molecule has 1 aromatic carbocycles. The summed E-state index contributed by atoms with van der Waals surface area (Å²) in [5.74, 6) is 3.32. The number of nitrogens with one attached hydrogen (secondary N) is 1. The molecular weight excluding hydrogens is 272 g/mol. The van der Waals surface area contributed by atoms with Gasteiger partial charge in [-0.15, -0.1) is 0 Å². The maximum Gasteiger partial charge on any atom is 0.248 e. The first-order valence-corrected chi connectivity index (χ1v) is 7.28. The molecule has 3 nitrogen and oxygen atoms in total. The van der Waals surface area contributed by atoms with Crippen molar-refractivity contribution in [1.82, 2.24) is 10.4 Å². The Morgan fingerprint density at radius 1 is 1.19 bits per heavy atom. The Morgan fingerprint density at radius 3 is 2.62 bits per heavy atom. The Hall–Kier alpha value is -1.59. The molecule has 112 valence electrons. The third-order valence-corrected chi connectivity index (χ3v) is 4.41. The highest BCUT2D eigenvalue weighted by molar-refractivity contribution is 5.82. The van der Waals surface area contributed by atoms with Gasteiger partial charge in [-0.3, -0.25) is 16.3 Å². The van der Waals surface area contributed by atoms with Crippen molar-refractivity contribution < 1.29 is 8.78 Å². The van der Waals surface area contributed by atoms with Crippen LogP contribution in [-0.2, 0) is 0 Å². The Morgan fingerprint density at radius 2 is 1.90 bits per heavy atom. The van der Waals surface area contributed by atoms with Gasteiger partial charge in [0.1, 0.15) is 0 Å². The lowest BCUT2D eigenvalue weighted by Gasteiger charge is -2.33. The van der Waals surface area contributed by atoms with Crippen molar-refractivity contribution in [1.29, 1.82) is 0 Å². The van der Waals surface area contributed by atoms with E-state index in [1.165, 1.54) is 0 Å². The average molecular weight is 291 g/mol. The molecule has 1 atom stereocenters. The number of nitrogens with zero attached hydrogens (tertiary/aromatic N) is 1. The molecule has 2 aromatic rings. The van der Waals surface area contributed by atoms with Crippen molar-refractivity contribution in [3.05, 3.63) is 42.1 Å². The molecule has 3 rings (SSSR count). The van der Waals surface area contributed by atoms with Gasteiger partial charge in [-0.25, -0.2) is 8.78 Å². The summed E-state index contributed by atoms with van der Waals surface area (Å²) < 4.78 is 26.7. The van der Waals surface area contributed by atoms with Gasteiger partial charge in [0.15, 0.2) is 0 Å². The van der Waals surface area contributed by atoms with Crippen molar-refractivity contribution in [3.63, 3.8) is 0 Å². The van der Waals surface area contributed by atoms with Crippen molar-refractivity contribution in [2.75, 3.05) is 0 Å². The van der Waals surface area contributed by atoms with Crippen LogP contribution in [0.5, 0.6) is 0 Å². The number of halogens is 2. The lowest BCUT2D eigenvalue weighted by Crippen LogP contribution is -2.37. The zero-order chi connectivity index (χ0) is 14.9. The van der Waals surface area contributed by atoms with E-state index in [1.807, 2.05) is 30.3 Å². The highest BCUT2D eigenvalue weighted by Crippen LogP contribution is 2.42. The summed E-state index contributed by atoms with van der Waals surface area (Å²) in [7, 11) is 0. The smallest absolute Gasteiger partial charge is 0.248 e. The topological polar surface area (TPSA) is 50.9 Å². The summed E-state index contributed by atoms with van der Waals surface area (Å²) in [5, 5.41) is 1.04. The molecule has 1 aliphatic carbocycles. The number of hydrogen-bond donors (Lipinski definition) is 2. The van der Waals surface area contributed by atoms with Crippen molar-refractivity contribution in [3.8, 4) is 0 Å². The molecule has 0 saturated heterocycles. The van der Waals surface area contributed by atoms with Crippen LogP contribution in [0.25, 0.3) is 10.9 Å². The molecule has 1 unspecified atom stereocenters. The number of hydrogen-bond acceptors (Lipinski definition) is 3. The molecule has 1 heterocycles. The van der Waals surface area contributed by atoms with Crippen LogP contribution >= 0.6 is 0 Å². The molecule has 0 radical (unpaired) electrons. The highest BCUT2D eigenvalue weighted by atomic mass is 19.3. The third-order valence-electron chi connectivity index (χ3n) is 4.41. The Kier molecular flexibility index (Phi) is 3.87. The van der Waals surface area contributed by atoms with E-state index in [-0.39, 0.29) is 24.8 Å². The molecular formula is C16H19F2N3. The van der Waals surface area contributed by atoms with E-state index in [2.05, 4.69) is 10.4 Å². The maximum atomic E-state index is 13.3. The van der Waals surface area contributed by atoms with Crippen LogP contribution in [0.15, 0.2) is 36.5 Å². The molecule has 0 spiro atoms. The second kappa shape index (κ2) is 5.66. The minimum atomic E-state index is -2.52. The number of rotatable bonds is 3. The normalized spacial score (nSPS) is 20.5. The van der Waals surface area contributed by atoms with E-state index in [1.54, 1.807) is 6.20 Å². The minimum Gasteiger partial charge on any atom is -0.271 e. The number of benzene rings is 1. The van der Waals surface area contributed by atoms with E-state index in [0.29, 0.717) is 12.8 Å². The van der Waals surface area contributed by atoms with Crippen molar-refractivity contribution >= 4 is 10.9 Å². The molecule has 0 bridgehead atoms. The van der Waals surface area contributed by atoms with Crippen LogP contribution in [-0.4, -0.2) is 10.9 Å². The quantitative estimate of drug-likeness (QED) is 0.671. The number of alkyl halides is 2. The van der Waals surface area contributed by atoms with Crippen molar-refractivity contribution in [2.45, 2.75) is 37.6 Å². The molecule has 21 heavy (non-hydrogen) atoms. The van der Waals surface area contributed by atoms with E-state index in [0.717, 1.165) is 16.5 Å². The van der Waals surface area contributed by atoms with E-state index in [4.69, 9.17) is 5.84 Å². The lowest BCUT2D eigenvalue weighted by atomic mass is 9.79.